The summed E-state index contributed by atoms with van der Waals surface area (Å²) in [5.74, 6) is 0.731. The van der Waals surface area contributed by atoms with Crippen LogP contribution >= 0.6 is 11.3 Å². The molecule has 3 heteroatoms. The monoisotopic (exact) mass is 642 g/mol. The number of benzene rings is 7. The Morgan fingerprint density at radius 1 is 0.327 bits per heavy atom. The van der Waals surface area contributed by atoms with Crippen LogP contribution in [0.3, 0.4) is 0 Å². The van der Waals surface area contributed by atoms with Crippen LogP contribution < -0.4 is 0 Å². The molecule has 2 nitrogen and oxygen atoms in total. The summed E-state index contributed by atoms with van der Waals surface area (Å²) in [6.45, 7) is 0. The van der Waals surface area contributed by atoms with E-state index in [0.717, 1.165) is 49.4 Å². The summed E-state index contributed by atoms with van der Waals surface area (Å²) >= 11 is 1.76. The highest BCUT2D eigenvalue weighted by Gasteiger charge is 2.17. The van der Waals surface area contributed by atoms with Gasteiger partial charge in [-0.05, 0) is 62.7 Å². The average molecular weight is 643 g/mol. The first-order chi connectivity index (χ1) is 24.3. The lowest BCUT2D eigenvalue weighted by atomic mass is 9.96. The van der Waals surface area contributed by atoms with E-state index in [2.05, 4.69) is 182 Å². The molecule has 7 aromatic carbocycles. The van der Waals surface area contributed by atoms with Crippen molar-refractivity contribution in [2.75, 3.05) is 0 Å². The van der Waals surface area contributed by atoms with Crippen LogP contribution in [0.15, 0.2) is 182 Å². The fraction of sp³-hybridized carbons (Fsp3) is 0. The summed E-state index contributed by atoms with van der Waals surface area (Å²) in [6.07, 6.45) is 0. The normalized spacial score (nSPS) is 11.3. The predicted octanol–water partition coefficient (Wildman–Crippen LogP) is 12.8. The number of aromatic nitrogens is 2. The lowest BCUT2D eigenvalue weighted by Crippen LogP contribution is -1.94. The third-order valence-electron chi connectivity index (χ3n) is 9.13. The van der Waals surface area contributed by atoms with E-state index in [1.54, 1.807) is 11.3 Å². The summed E-state index contributed by atoms with van der Waals surface area (Å²) in [6, 6.07) is 64.5. The predicted molar refractivity (Wildman–Crippen MR) is 208 cm³/mol. The van der Waals surface area contributed by atoms with Crippen LogP contribution in [-0.4, -0.2) is 9.97 Å². The Morgan fingerprint density at radius 3 is 1.37 bits per heavy atom. The van der Waals surface area contributed by atoms with Crippen molar-refractivity contribution in [3.63, 3.8) is 0 Å². The molecule has 0 spiro atoms. The van der Waals surface area contributed by atoms with Crippen molar-refractivity contribution in [3.8, 4) is 67.2 Å². The second-order valence-corrected chi connectivity index (χ2v) is 13.3. The van der Waals surface area contributed by atoms with Crippen LogP contribution in [0.25, 0.3) is 87.5 Å². The molecule has 2 heterocycles. The van der Waals surface area contributed by atoms with Crippen LogP contribution in [-0.2, 0) is 0 Å². The van der Waals surface area contributed by atoms with E-state index in [1.807, 2.05) is 0 Å². The highest BCUT2D eigenvalue weighted by Crippen LogP contribution is 2.40. The minimum Gasteiger partial charge on any atom is -0.226 e. The summed E-state index contributed by atoms with van der Waals surface area (Å²) in [5.41, 5.74) is 13.6. The van der Waals surface area contributed by atoms with Gasteiger partial charge in [0, 0.05) is 21.2 Å². The van der Waals surface area contributed by atoms with Crippen molar-refractivity contribution in [1.82, 2.24) is 9.97 Å². The molecule has 9 rings (SSSR count). The van der Waals surface area contributed by atoms with E-state index in [9.17, 15) is 0 Å². The van der Waals surface area contributed by atoms with Crippen molar-refractivity contribution in [2.45, 2.75) is 0 Å². The van der Waals surface area contributed by atoms with Gasteiger partial charge in [-0.25, -0.2) is 9.97 Å². The zero-order valence-electron chi connectivity index (χ0n) is 26.6. The first-order valence-corrected chi connectivity index (χ1v) is 17.3. The molecule has 0 fully saturated rings. The molecule has 0 atom stereocenters. The standard InChI is InChI=1S/C46H30N2S/c1-3-11-31(12-4-1)33-25-27-36(28-26-33)43-45-44(41-19-7-8-20-42(41)49-45)48-46(47-43)40-18-10-17-39(30-40)35-23-21-34(22-24-35)38-16-9-15-37(29-38)32-13-5-2-6-14-32/h1-30H. The highest BCUT2D eigenvalue weighted by atomic mass is 32.1. The number of hydrogen-bond donors (Lipinski definition) is 0. The van der Waals surface area contributed by atoms with Gasteiger partial charge >= 0.3 is 0 Å². The first-order valence-electron chi connectivity index (χ1n) is 16.5. The zero-order chi connectivity index (χ0) is 32.6. The van der Waals surface area contributed by atoms with Crippen molar-refractivity contribution in [3.05, 3.63) is 182 Å². The maximum Gasteiger partial charge on any atom is 0.160 e. The molecule has 0 saturated carbocycles. The molecule has 0 unspecified atom stereocenters. The van der Waals surface area contributed by atoms with Gasteiger partial charge in [-0.3, -0.25) is 0 Å². The molecule has 9 aromatic rings. The molecular formula is C46H30N2S. The Balaban J connectivity index is 1.09. The number of fused-ring (bicyclic) bond motifs is 3. The van der Waals surface area contributed by atoms with Gasteiger partial charge in [0.15, 0.2) is 5.82 Å². The van der Waals surface area contributed by atoms with Gasteiger partial charge in [-0.15, -0.1) is 11.3 Å². The molecule has 0 amide bonds. The maximum absolute atomic E-state index is 5.26. The van der Waals surface area contributed by atoms with Crippen LogP contribution in [0.4, 0.5) is 0 Å². The molecule has 0 N–H and O–H groups in total. The minimum absolute atomic E-state index is 0.731. The quantitative estimate of drug-likeness (QED) is 0.180. The Kier molecular flexibility index (Phi) is 7.38. The van der Waals surface area contributed by atoms with Gasteiger partial charge in [0.05, 0.1) is 15.9 Å². The molecule has 2 aromatic heterocycles. The molecule has 0 aliphatic carbocycles. The van der Waals surface area contributed by atoms with E-state index in [1.165, 1.54) is 38.1 Å². The first kappa shape index (κ1) is 29.0. The van der Waals surface area contributed by atoms with Crippen LogP contribution in [0.5, 0.6) is 0 Å². The van der Waals surface area contributed by atoms with Gasteiger partial charge in [0.1, 0.15) is 0 Å². The van der Waals surface area contributed by atoms with Gasteiger partial charge in [0.25, 0.3) is 0 Å². The molecule has 0 aliphatic heterocycles. The Hall–Kier alpha value is -6.16. The molecular weight excluding hydrogens is 613 g/mol. The van der Waals surface area contributed by atoms with Gasteiger partial charge in [0.2, 0.25) is 0 Å². The van der Waals surface area contributed by atoms with Crippen molar-refractivity contribution in [2.24, 2.45) is 0 Å². The number of thiophene rings is 1. The summed E-state index contributed by atoms with van der Waals surface area (Å²) < 4.78 is 2.33. The summed E-state index contributed by atoms with van der Waals surface area (Å²) in [5, 5.41) is 1.16. The van der Waals surface area contributed by atoms with Crippen molar-refractivity contribution >= 4 is 31.6 Å². The fourth-order valence-corrected chi connectivity index (χ4v) is 7.72. The SMILES string of the molecule is c1ccc(-c2ccc(-c3nc(-c4cccc(-c5ccc(-c6cccc(-c7ccccc7)c6)cc5)c4)nc4c3sc3ccccc34)cc2)cc1. The fourth-order valence-electron chi connectivity index (χ4n) is 6.57. The van der Waals surface area contributed by atoms with E-state index in [0.29, 0.717) is 0 Å². The molecule has 0 bridgehead atoms. The highest BCUT2D eigenvalue weighted by molar-refractivity contribution is 7.26. The third kappa shape index (κ3) is 5.61. The van der Waals surface area contributed by atoms with Crippen LogP contribution in [0.1, 0.15) is 0 Å². The van der Waals surface area contributed by atoms with E-state index < -0.39 is 0 Å². The average Bonchev–Trinajstić information content (AvgIpc) is 3.57. The Labute approximate surface area is 289 Å². The minimum atomic E-state index is 0.731. The van der Waals surface area contributed by atoms with Crippen LogP contribution in [0.2, 0.25) is 0 Å². The molecule has 49 heavy (non-hydrogen) atoms. The summed E-state index contributed by atoms with van der Waals surface area (Å²) in [7, 11) is 0. The van der Waals surface area contributed by atoms with Crippen molar-refractivity contribution in [1.29, 1.82) is 0 Å². The second kappa shape index (κ2) is 12.5. The van der Waals surface area contributed by atoms with E-state index >= 15 is 0 Å². The lowest BCUT2D eigenvalue weighted by Gasteiger charge is -2.10. The molecule has 0 radical (unpaired) electrons. The Morgan fingerprint density at radius 2 is 0.755 bits per heavy atom. The molecule has 0 saturated heterocycles. The third-order valence-corrected chi connectivity index (χ3v) is 10.3. The van der Waals surface area contributed by atoms with Gasteiger partial charge < -0.3 is 0 Å². The van der Waals surface area contributed by atoms with E-state index in [4.69, 9.17) is 9.97 Å². The smallest absolute Gasteiger partial charge is 0.160 e. The number of nitrogens with zero attached hydrogens (tertiary/aromatic N) is 2. The molecule has 0 aliphatic rings. The van der Waals surface area contributed by atoms with Gasteiger partial charge in [-0.1, -0.05) is 164 Å². The maximum atomic E-state index is 5.26. The van der Waals surface area contributed by atoms with Gasteiger partial charge in [-0.2, -0.15) is 0 Å². The largest absolute Gasteiger partial charge is 0.226 e. The summed E-state index contributed by atoms with van der Waals surface area (Å²) in [4.78, 5) is 10.5. The zero-order valence-corrected chi connectivity index (χ0v) is 27.4. The number of rotatable bonds is 6. The van der Waals surface area contributed by atoms with E-state index in [-0.39, 0.29) is 0 Å². The second-order valence-electron chi connectivity index (χ2n) is 12.2. The topological polar surface area (TPSA) is 25.8 Å². The lowest BCUT2D eigenvalue weighted by molar-refractivity contribution is 1.24. The van der Waals surface area contributed by atoms with Crippen molar-refractivity contribution < 1.29 is 0 Å². The number of hydrogen-bond acceptors (Lipinski definition) is 3. The Bertz CT molecular complexity index is 2570. The molecule has 230 valence electrons. The van der Waals surface area contributed by atoms with Crippen LogP contribution in [0, 0.1) is 0 Å².